The van der Waals surface area contributed by atoms with E-state index in [1.165, 1.54) is 57.8 Å². The van der Waals surface area contributed by atoms with Gasteiger partial charge in [0.2, 0.25) is 0 Å². The summed E-state index contributed by atoms with van der Waals surface area (Å²) in [5.74, 6) is 1.77. The lowest BCUT2D eigenvalue weighted by molar-refractivity contribution is -0.136. The molecule has 5 atom stereocenters. The molecule has 2 aliphatic heterocycles. The van der Waals surface area contributed by atoms with Gasteiger partial charge in [-0.25, -0.2) is 4.98 Å². The van der Waals surface area contributed by atoms with E-state index < -0.39 is 5.97 Å². The van der Waals surface area contributed by atoms with E-state index in [0.29, 0.717) is 30.4 Å². The van der Waals surface area contributed by atoms with E-state index in [2.05, 4.69) is 17.0 Å². The Bertz CT molecular complexity index is 1310. The molecule has 4 bridgehead atoms. The van der Waals surface area contributed by atoms with Gasteiger partial charge in [0.1, 0.15) is 12.3 Å². The Balaban J connectivity index is 1.32. The molecule has 2 aliphatic carbocycles. The van der Waals surface area contributed by atoms with E-state index in [0.717, 1.165) is 41.6 Å². The number of fused-ring (bicyclic) bond motifs is 5. The Kier molecular flexibility index (Phi) is 8.47. The van der Waals surface area contributed by atoms with Crippen LogP contribution in [0.4, 0.5) is 0 Å². The maximum atomic E-state index is 14.2. The molecule has 3 heterocycles. The highest BCUT2D eigenvalue weighted by Crippen LogP contribution is 2.49. The number of hydrogen-bond acceptors (Lipinski definition) is 6. The third-order valence-corrected chi connectivity index (χ3v) is 10.5. The Labute approximate surface area is 243 Å². The third kappa shape index (κ3) is 5.81. The van der Waals surface area contributed by atoms with Crippen LogP contribution < -0.4 is 5.56 Å². The molecule has 8 heteroatoms. The highest BCUT2D eigenvalue weighted by Gasteiger charge is 2.46. The number of nitrogens with zero attached hydrogens (tertiary/aromatic N) is 4. The summed E-state index contributed by atoms with van der Waals surface area (Å²) in [5, 5.41) is 13.5. The van der Waals surface area contributed by atoms with Crippen molar-refractivity contribution in [3.05, 3.63) is 40.3 Å². The second kappa shape index (κ2) is 12.2. The van der Waals surface area contributed by atoms with Crippen molar-refractivity contribution < 1.29 is 14.7 Å². The molecule has 8 nitrogen and oxygen atoms in total. The van der Waals surface area contributed by atoms with Gasteiger partial charge in [-0.1, -0.05) is 37.1 Å². The van der Waals surface area contributed by atoms with E-state index in [4.69, 9.17) is 9.82 Å². The van der Waals surface area contributed by atoms with Crippen molar-refractivity contribution in [2.75, 3.05) is 6.61 Å². The molecule has 222 valence electrons. The summed E-state index contributed by atoms with van der Waals surface area (Å²) in [5.41, 5.74) is 1.94. The van der Waals surface area contributed by atoms with Gasteiger partial charge in [-0.3, -0.25) is 14.5 Å². The molecule has 1 aromatic carbocycles. The number of rotatable bonds is 9. The lowest BCUT2D eigenvalue weighted by Crippen LogP contribution is -2.59. The quantitative estimate of drug-likeness (QED) is 0.290. The first-order valence-electron chi connectivity index (χ1n) is 16.1. The summed E-state index contributed by atoms with van der Waals surface area (Å²) in [6.45, 7) is 4.52. The number of para-hydroxylation sites is 2. The minimum absolute atomic E-state index is 0.0843. The van der Waals surface area contributed by atoms with Crippen LogP contribution >= 0.6 is 0 Å². The summed E-state index contributed by atoms with van der Waals surface area (Å²) in [7, 11) is 0. The molecule has 4 aliphatic rings. The van der Waals surface area contributed by atoms with Crippen molar-refractivity contribution in [3.63, 3.8) is 0 Å². The molecule has 2 aromatic rings. The number of aliphatic carboxylic acids is 1. The van der Waals surface area contributed by atoms with Crippen molar-refractivity contribution >= 4 is 22.7 Å². The summed E-state index contributed by atoms with van der Waals surface area (Å²) in [4.78, 5) is 38.6. The molecule has 1 N–H and O–H groups in total. The van der Waals surface area contributed by atoms with Crippen LogP contribution in [0.3, 0.4) is 0 Å². The second-order valence-corrected chi connectivity index (χ2v) is 13.1. The van der Waals surface area contributed by atoms with Crippen molar-refractivity contribution in [1.29, 1.82) is 0 Å². The van der Waals surface area contributed by atoms with Crippen molar-refractivity contribution in [3.8, 4) is 0 Å². The predicted octanol–water partition coefficient (Wildman–Crippen LogP) is 6.16. The number of carbonyl (C=O) groups is 1. The fourth-order valence-corrected chi connectivity index (χ4v) is 9.01. The average Bonchev–Trinajstić information content (AvgIpc) is 2.96. The van der Waals surface area contributed by atoms with Crippen LogP contribution in [0.25, 0.3) is 11.0 Å². The summed E-state index contributed by atoms with van der Waals surface area (Å²) in [6, 6.07) is 9.62. The van der Waals surface area contributed by atoms with Gasteiger partial charge in [-0.15, -0.1) is 0 Å². The first kappa shape index (κ1) is 28.4. The van der Waals surface area contributed by atoms with Gasteiger partial charge in [0.25, 0.3) is 5.56 Å². The number of piperidine rings is 2. The van der Waals surface area contributed by atoms with Crippen LogP contribution in [0.15, 0.2) is 34.2 Å². The van der Waals surface area contributed by atoms with Crippen molar-refractivity contribution in [1.82, 2.24) is 14.5 Å². The number of oxime groups is 1. The largest absolute Gasteiger partial charge is 0.481 e. The van der Waals surface area contributed by atoms with Crippen molar-refractivity contribution in [2.24, 2.45) is 22.9 Å². The molecule has 2 saturated heterocycles. The van der Waals surface area contributed by atoms with E-state index in [1.807, 2.05) is 35.8 Å². The SMILES string of the molecule is CCO/N=C(\CCC(=O)O)c1nc2ccccc2n(C2C[C@H]3CCC[C@@H](C2)N3C2CC3CC(CC)CC(C3)C2)c1=O. The smallest absolute Gasteiger partial charge is 0.303 e. The minimum Gasteiger partial charge on any atom is -0.481 e. The third-order valence-electron chi connectivity index (χ3n) is 10.5. The number of carboxylic acids is 1. The van der Waals surface area contributed by atoms with E-state index in [-0.39, 0.29) is 30.1 Å². The maximum absolute atomic E-state index is 14.2. The molecule has 4 fully saturated rings. The topological polar surface area (TPSA) is 97.0 Å². The van der Waals surface area contributed by atoms with Gasteiger partial charge in [0.15, 0.2) is 5.69 Å². The van der Waals surface area contributed by atoms with Gasteiger partial charge in [-0.05, 0) is 94.6 Å². The second-order valence-electron chi connectivity index (χ2n) is 13.1. The normalized spacial score (nSPS) is 32.1. The Morgan fingerprint density at radius 3 is 2.32 bits per heavy atom. The highest BCUT2D eigenvalue weighted by molar-refractivity contribution is 6.00. The molecule has 6 rings (SSSR count). The average molecular weight is 563 g/mol. The Morgan fingerprint density at radius 1 is 0.951 bits per heavy atom. The molecular weight excluding hydrogens is 516 g/mol. The first-order valence-corrected chi connectivity index (χ1v) is 16.1. The van der Waals surface area contributed by atoms with Crippen LogP contribution in [0.1, 0.15) is 109 Å². The van der Waals surface area contributed by atoms with Gasteiger partial charge < -0.3 is 14.5 Å². The molecule has 3 unspecified atom stereocenters. The molecule has 0 radical (unpaired) electrons. The zero-order valence-electron chi connectivity index (χ0n) is 24.7. The lowest BCUT2D eigenvalue weighted by atomic mass is 9.64. The molecule has 0 spiro atoms. The van der Waals surface area contributed by atoms with Gasteiger partial charge in [-0.2, -0.15) is 0 Å². The summed E-state index contributed by atoms with van der Waals surface area (Å²) >= 11 is 0. The highest BCUT2D eigenvalue weighted by atomic mass is 16.6. The standard InChI is InChI=1S/C33H46N4O4/c1-3-21-14-22-16-23(15-21)18-26(17-22)36-24-8-7-9-25(36)20-27(19-24)37-30-11-6-5-10-28(30)34-32(33(37)40)29(35-41-4-2)12-13-31(38)39/h5-6,10-11,21-27H,3-4,7-9,12-20H2,1-2H3,(H,38,39)/b35-29+/t21?,22?,23?,24-,25+,26?,27?. The van der Waals surface area contributed by atoms with Crippen LogP contribution in [0, 0.1) is 17.8 Å². The zero-order chi connectivity index (χ0) is 28.5. The molecular formula is C33H46N4O4. The maximum Gasteiger partial charge on any atom is 0.303 e. The number of aromatic nitrogens is 2. The Hall–Kier alpha value is -2.74. The lowest BCUT2D eigenvalue weighted by Gasteiger charge is -2.56. The molecule has 0 amide bonds. The fraction of sp³-hybridized carbons (Fsp3) is 0.697. The van der Waals surface area contributed by atoms with Gasteiger partial charge in [0, 0.05) is 30.6 Å². The number of carboxylic acid groups (broad SMARTS) is 1. The van der Waals surface area contributed by atoms with Gasteiger partial charge in [0.05, 0.1) is 17.5 Å². The van der Waals surface area contributed by atoms with E-state index in [1.54, 1.807) is 0 Å². The molecule has 2 saturated carbocycles. The Morgan fingerprint density at radius 2 is 1.66 bits per heavy atom. The van der Waals surface area contributed by atoms with Crippen LogP contribution in [0.2, 0.25) is 0 Å². The first-order chi connectivity index (χ1) is 19.9. The van der Waals surface area contributed by atoms with Crippen LogP contribution in [-0.2, 0) is 9.63 Å². The summed E-state index contributed by atoms with van der Waals surface area (Å²) in [6.07, 6.45) is 13.9. The molecule has 1 aromatic heterocycles. The predicted molar refractivity (Wildman–Crippen MR) is 160 cm³/mol. The fourth-order valence-electron chi connectivity index (χ4n) is 9.01. The summed E-state index contributed by atoms with van der Waals surface area (Å²) < 4.78 is 1.98. The zero-order valence-corrected chi connectivity index (χ0v) is 24.7. The van der Waals surface area contributed by atoms with Crippen molar-refractivity contribution in [2.45, 2.75) is 121 Å². The minimum atomic E-state index is -0.937. The number of benzene rings is 1. The van der Waals surface area contributed by atoms with Crippen LogP contribution in [-0.4, -0.2) is 56.0 Å². The molecule has 41 heavy (non-hydrogen) atoms. The number of hydrogen-bond donors (Lipinski definition) is 1. The van der Waals surface area contributed by atoms with Crippen LogP contribution in [0.5, 0.6) is 0 Å². The van der Waals surface area contributed by atoms with Gasteiger partial charge >= 0.3 is 5.97 Å². The van der Waals surface area contributed by atoms with E-state index >= 15 is 0 Å². The monoisotopic (exact) mass is 562 g/mol. The van der Waals surface area contributed by atoms with E-state index in [9.17, 15) is 14.7 Å².